The Labute approximate surface area is 79.7 Å². The summed E-state index contributed by atoms with van der Waals surface area (Å²) >= 11 is 0. The fraction of sp³-hybridized carbons (Fsp3) is 0.727. The molecule has 72 valence electrons. The average Bonchev–Trinajstić information content (AvgIpc) is 2.04. The van der Waals surface area contributed by atoms with Crippen molar-refractivity contribution in [1.29, 1.82) is 0 Å². The van der Waals surface area contributed by atoms with Crippen LogP contribution in [0.3, 0.4) is 0 Å². The fourth-order valence-corrected chi connectivity index (χ4v) is 1.88. The second-order valence-corrected chi connectivity index (χ2v) is 3.52. The van der Waals surface area contributed by atoms with Crippen molar-refractivity contribution >= 4 is 5.97 Å². The minimum absolute atomic E-state index is 0.218. The Balaban J connectivity index is 2.70. The van der Waals surface area contributed by atoms with Crippen LogP contribution in [0.15, 0.2) is 0 Å². The second kappa shape index (κ2) is 4.32. The van der Waals surface area contributed by atoms with Crippen LogP contribution < -0.4 is 0 Å². The van der Waals surface area contributed by atoms with E-state index in [-0.39, 0.29) is 5.97 Å². The number of carbonyl (C=O) groups is 1. The molecule has 1 fully saturated rings. The van der Waals surface area contributed by atoms with Crippen molar-refractivity contribution in [2.75, 3.05) is 0 Å². The fourth-order valence-electron chi connectivity index (χ4n) is 1.88. The molecule has 0 aliphatic heterocycles. The first-order valence-corrected chi connectivity index (χ1v) is 4.82. The largest absolute Gasteiger partial charge is 0.446 e. The third-order valence-electron chi connectivity index (χ3n) is 2.35. The van der Waals surface area contributed by atoms with Crippen molar-refractivity contribution in [3.05, 3.63) is 0 Å². The molecule has 1 rings (SSSR count). The first-order valence-electron chi connectivity index (χ1n) is 4.82. The van der Waals surface area contributed by atoms with Gasteiger partial charge in [-0.3, -0.25) is 4.79 Å². The van der Waals surface area contributed by atoms with Crippen LogP contribution in [-0.2, 0) is 9.53 Å². The molecule has 13 heavy (non-hydrogen) atoms. The Bertz CT molecular complexity index is 239. The highest BCUT2D eigenvalue weighted by atomic mass is 16.6. The molecule has 0 bridgehead atoms. The zero-order valence-corrected chi connectivity index (χ0v) is 8.35. The lowest BCUT2D eigenvalue weighted by atomic mass is 9.85. The highest BCUT2D eigenvalue weighted by molar-refractivity contribution is 5.67. The van der Waals surface area contributed by atoms with Gasteiger partial charge in [-0.25, -0.2) is 0 Å². The minimum atomic E-state index is -0.459. The zero-order chi connectivity index (χ0) is 9.73. The van der Waals surface area contributed by atoms with E-state index in [1.54, 1.807) is 6.92 Å². The molecule has 1 aliphatic rings. The maximum atomic E-state index is 10.9. The van der Waals surface area contributed by atoms with E-state index in [0.717, 1.165) is 25.7 Å². The quantitative estimate of drug-likeness (QED) is 0.457. The van der Waals surface area contributed by atoms with Crippen LogP contribution in [0, 0.1) is 11.8 Å². The molecule has 1 aliphatic carbocycles. The Morgan fingerprint density at radius 3 is 2.38 bits per heavy atom. The molecule has 0 radical (unpaired) electrons. The zero-order valence-electron chi connectivity index (χ0n) is 8.35. The first kappa shape index (κ1) is 10.1. The molecular weight excluding hydrogens is 164 g/mol. The van der Waals surface area contributed by atoms with Crippen LogP contribution in [0.1, 0.15) is 46.0 Å². The predicted octanol–water partition coefficient (Wildman–Crippen LogP) is 2.28. The van der Waals surface area contributed by atoms with Crippen LogP contribution in [0.5, 0.6) is 0 Å². The minimum Gasteiger partial charge on any atom is -0.446 e. The van der Waals surface area contributed by atoms with E-state index >= 15 is 0 Å². The SMILES string of the molecule is CC#CC1(OC(C)=O)CCCCC1. The van der Waals surface area contributed by atoms with Crippen molar-refractivity contribution in [3.63, 3.8) is 0 Å². The topological polar surface area (TPSA) is 26.3 Å². The van der Waals surface area contributed by atoms with E-state index in [1.165, 1.54) is 13.3 Å². The van der Waals surface area contributed by atoms with E-state index in [4.69, 9.17) is 4.74 Å². The molecule has 0 spiro atoms. The number of ether oxygens (including phenoxy) is 1. The molecule has 1 saturated carbocycles. The number of hydrogen-bond acceptors (Lipinski definition) is 2. The summed E-state index contributed by atoms with van der Waals surface area (Å²) in [5.41, 5.74) is -0.459. The average molecular weight is 180 g/mol. The summed E-state index contributed by atoms with van der Waals surface area (Å²) in [7, 11) is 0. The summed E-state index contributed by atoms with van der Waals surface area (Å²) in [4.78, 5) is 10.9. The van der Waals surface area contributed by atoms with Crippen LogP contribution in [0.25, 0.3) is 0 Å². The molecule has 0 amide bonds. The highest BCUT2D eigenvalue weighted by Crippen LogP contribution is 2.31. The van der Waals surface area contributed by atoms with Crippen LogP contribution in [0.4, 0.5) is 0 Å². The van der Waals surface area contributed by atoms with Gasteiger partial charge in [0.15, 0.2) is 5.60 Å². The maximum absolute atomic E-state index is 10.9. The first-order chi connectivity index (χ1) is 6.18. The van der Waals surface area contributed by atoms with Gasteiger partial charge in [-0.1, -0.05) is 12.3 Å². The smallest absolute Gasteiger partial charge is 0.304 e. The number of hydrogen-bond donors (Lipinski definition) is 0. The van der Waals surface area contributed by atoms with Crippen molar-refractivity contribution in [3.8, 4) is 11.8 Å². The number of rotatable bonds is 1. The van der Waals surface area contributed by atoms with E-state index in [0.29, 0.717) is 0 Å². The van der Waals surface area contributed by atoms with Gasteiger partial charge < -0.3 is 4.74 Å². The standard InChI is InChI=1S/C11H16O2/c1-3-7-11(13-10(2)12)8-5-4-6-9-11/h4-6,8-9H2,1-2H3. The van der Waals surface area contributed by atoms with Gasteiger partial charge in [0, 0.05) is 6.92 Å². The van der Waals surface area contributed by atoms with Gasteiger partial charge in [-0.2, -0.15) is 0 Å². The lowest BCUT2D eigenvalue weighted by Gasteiger charge is -2.31. The van der Waals surface area contributed by atoms with Crippen LogP contribution >= 0.6 is 0 Å². The monoisotopic (exact) mass is 180 g/mol. The summed E-state index contributed by atoms with van der Waals surface area (Å²) in [6.45, 7) is 3.24. The second-order valence-electron chi connectivity index (χ2n) is 3.52. The summed E-state index contributed by atoms with van der Waals surface area (Å²) in [5.74, 6) is 5.67. The van der Waals surface area contributed by atoms with Gasteiger partial charge in [0.05, 0.1) is 0 Å². The molecule has 0 heterocycles. The molecular formula is C11H16O2. The summed E-state index contributed by atoms with van der Waals surface area (Å²) < 4.78 is 5.31. The van der Waals surface area contributed by atoms with Crippen molar-refractivity contribution < 1.29 is 9.53 Å². The Kier molecular flexibility index (Phi) is 3.36. The van der Waals surface area contributed by atoms with Crippen molar-refractivity contribution in [2.45, 2.75) is 51.6 Å². The summed E-state index contributed by atoms with van der Waals surface area (Å²) in [6, 6.07) is 0. The van der Waals surface area contributed by atoms with E-state index in [2.05, 4.69) is 11.8 Å². The lowest BCUT2D eigenvalue weighted by Crippen LogP contribution is -2.35. The van der Waals surface area contributed by atoms with Crippen LogP contribution in [0.2, 0.25) is 0 Å². The van der Waals surface area contributed by atoms with E-state index in [1.807, 2.05) is 0 Å². The molecule has 0 atom stereocenters. The Morgan fingerprint density at radius 1 is 1.31 bits per heavy atom. The number of esters is 1. The molecule has 0 aromatic heterocycles. The molecule has 2 nitrogen and oxygen atoms in total. The normalized spacial score (nSPS) is 19.8. The third kappa shape index (κ3) is 2.77. The molecule has 0 aromatic rings. The lowest BCUT2D eigenvalue weighted by molar-refractivity contribution is -0.153. The maximum Gasteiger partial charge on any atom is 0.304 e. The van der Waals surface area contributed by atoms with E-state index < -0.39 is 5.60 Å². The Morgan fingerprint density at radius 2 is 1.92 bits per heavy atom. The number of carbonyl (C=O) groups excluding carboxylic acids is 1. The molecule has 0 aromatic carbocycles. The van der Waals surface area contributed by atoms with E-state index in [9.17, 15) is 4.79 Å². The van der Waals surface area contributed by atoms with Gasteiger partial charge >= 0.3 is 5.97 Å². The molecule has 0 N–H and O–H groups in total. The summed E-state index contributed by atoms with van der Waals surface area (Å²) in [6.07, 6.45) is 5.25. The van der Waals surface area contributed by atoms with Gasteiger partial charge in [0.25, 0.3) is 0 Å². The molecule has 0 unspecified atom stereocenters. The van der Waals surface area contributed by atoms with Crippen molar-refractivity contribution in [1.82, 2.24) is 0 Å². The van der Waals surface area contributed by atoms with Gasteiger partial charge in [-0.15, -0.1) is 5.92 Å². The molecule has 2 heteroatoms. The van der Waals surface area contributed by atoms with Crippen molar-refractivity contribution in [2.24, 2.45) is 0 Å². The van der Waals surface area contributed by atoms with Gasteiger partial charge in [0.2, 0.25) is 0 Å². The third-order valence-corrected chi connectivity index (χ3v) is 2.35. The van der Waals surface area contributed by atoms with Gasteiger partial charge in [-0.05, 0) is 32.6 Å². The molecule has 0 saturated heterocycles. The van der Waals surface area contributed by atoms with Gasteiger partial charge in [0.1, 0.15) is 0 Å². The highest BCUT2D eigenvalue weighted by Gasteiger charge is 2.32. The Hall–Kier alpha value is -0.970. The van der Waals surface area contributed by atoms with Crippen LogP contribution in [-0.4, -0.2) is 11.6 Å². The summed E-state index contributed by atoms with van der Waals surface area (Å²) in [5, 5.41) is 0. The predicted molar refractivity (Wildman–Crippen MR) is 51.0 cm³/mol.